The Balaban J connectivity index is 0.000000370. The number of nitrogens with one attached hydrogen (secondary N) is 1. The molecule has 0 fully saturated rings. The minimum absolute atomic E-state index is 0.228. The monoisotopic (exact) mass is 407 g/mol. The van der Waals surface area contributed by atoms with Crippen molar-refractivity contribution >= 4 is 28.8 Å². The smallest absolute Gasteiger partial charge is 0.475 e. The van der Waals surface area contributed by atoms with E-state index in [1.165, 1.54) is 5.56 Å². The third-order valence-corrected chi connectivity index (χ3v) is 3.83. The van der Waals surface area contributed by atoms with E-state index in [2.05, 4.69) is 40.4 Å². The molecule has 2 aromatic heterocycles. The van der Waals surface area contributed by atoms with E-state index in [0.29, 0.717) is 11.5 Å². The highest BCUT2D eigenvalue weighted by Crippen LogP contribution is 2.29. The molecule has 0 aliphatic heterocycles. The van der Waals surface area contributed by atoms with Crippen LogP contribution in [0.15, 0.2) is 36.4 Å². The van der Waals surface area contributed by atoms with E-state index in [1.807, 2.05) is 25.2 Å². The first kappa shape index (κ1) is 21.9. The fourth-order valence-electron chi connectivity index (χ4n) is 2.61. The van der Waals surface area contributed by atoms with Crippen LogP contribution in [-0.2, 0) is 11.2 Å². The molecule has 0 amide bonds. The highest BCUT2D eigenvalue weighted by molar-refractivity contribution is 5.90. The zero-order valence-corrected chi connectivity index (χ0v) is 15.8. The maximum absolute atomic E-state index is 10.6. The summed E-state index contributed by atoms with van der Waals surface area (Å²) >= 11 is 0. The third-order valence-electron chi connectivity index (χ3n) is 3.83. The Morgan fingerprint density at radius 2 is 1.79 bits per heavy atom. The van der Waals surface area contributed by atoms with Gasteiger partial charge in [-0.05, 0) is 18.1 Å². The maximum atomic E-state index is 10.6. The normalized spacial score (nSPS) is 10.9. The van der Waals surface area contributed by atoms with Crippen molar-refractivity contribution in [3.05, 3.63) is 42.0 Å². The number of nitrogen functional groups attached to an aromatic ring is 1. The Morgan fingerprint density at radius 1 is 1.17 bits per heavy atom. The number of hydrogen-bond donors (Lipinski definition) is 3. The molecule has 0 unspecified atom stereocenters. The van der Waals surface area contributed by atoms with Crippen LogP contribution in [0.1, 0.15) is 18.9 Å². The topological polar surface area (TPSA) is 114 Å². The van der Waals surface area contributed by atoms with Gasteiger partial charge in [-0.3, -0.25) is 0 Å². The first-order chi connectivity index (χ1) is 13.7. The average molecular weight is 407 g/mol. The SMILES string of the molecule is CCCc1cc2c(NC)nc(N)nc2nc1-c1ccccc1.O=C(O)C(F)(F)F. The van der Waals surface area contributed by atoms with Gasteiger partial charge in [0, 0.05) is 12.6 Å². The predicted octanol–water partition coefficient (Wildman–Crippen LogP) is 3.90. The molecule has 0 bridgehead atoms. The summed E-state index contributed by atoms with van der Waals surface area (Å²) in [6.07, 6.45) is -3.07. The lowest BCUT2D eigenvalue weighted by molar-refractivity contribution is -0.192. The molecule has 0 aliphatic carbocycles. The number of aliphatic carboxylic acids is 1. The number of halogens is 3. The summed E-state index contributed by atoms with van der Waals surface area (Å²) in [5.74, 6) is -1.81. The number of benzene rings is 1. The van der Waals surface area contributed by atoms with Crippen molar-refractivity contribution in [2.45, 2.75) is 25.9 Å². The van der Waals surface area contributed by atoms with Crippen LogP contribution in [0.25, 0.3) is 22.3 Å². The highest BCUT2D eigenvalue weighted by atomic mass is 19.4. The first-order valence-corrected chi connectivity index (χ1v) is 8.67. The molecule has 0 aliphatic rings. The number of aryl methyl sites for hydroxylation is 1. The fourth-order valence-corrected chi connectivity index (χ4v) is 2.61. The van der Waals surface area contributed by atoms with Gasteiger partial charge in [0.1, 0.15) is 5.82 Å². The molecule has 154 valence electrons. The summed E-state index contributed by atoms with van der Waals surface area (Å²) in [4.78, 5) is 22.2. The molecule has 3 rings (SSSR count). The number of carbonyl (C=O) groups is 1. The van der Waals surface area contributed by atoms with Crippen LogP contribution in [0.3, 0.4) is 0 Å². The van der Waals surface area contributed by atoms with Crippen LogP contribution in [0.4, 0.5) is 24.9 Å². The number of anilines is 2. The molecular formula is C19H20F3N5O2. The van der Waals surface area contributed by atoms with E-state index < -0.39 is 12.1 Å². The van der Waals surface area contributed by atoms with Crippen LogP contribution in [0, 0.1) is 0 Å². The van der Waals surface area contributed by atoms with Crippen molar-refractivity contribution in [3.63, 3.8) is 0 Å². The molecule has 4 N–H and O–H groups in total. The summed E-state index contributed by atoms with van der Waals surface area (Å²) in [6, 6.07) is 12.3. The largest absolute Gasteiger partial charge is 0.490 e. The Hall–Kier alpha value is -3.43. The molecule has 7 nitrogen and oxygen atoms in total. The summed E-state index contributed by atoms with van der Waals surface area (Å²) in [7, 11) is 1.83. The van der Waals surface area contributed by atoms with Gasteiger partial charge in [-0.2, -0.15) is 23.1 Å². The number of carboxylic acid groups (broad SMARTS) is 1. The second-order valence-corrected chi connectivity index (χ2v) is 5.97. The van der Waals surface area contributed by atoms with Crippen molar-refractivity contribution in [3.8, 4) is 11.3 Å². The van der Waals surface area contributed by atoms with Crippen molar-refractivity contribution in [2.24, 2.45) is 0 Å². The van der Waals surface area contributed by atoms with E-state index >= 15 is 0 Å². The average Bonchev–Trinajstić information content (AvgIpc) is 2.67. The number of alkyl halides is 3. The fraction of sp³-hybridized carbons (Fsp3) is 0.263. The second kappa shape index (κ2) is 9.18. The summed E-state index contributed by atoms with van der Waals surface area (Å²) < 4.78 is 31.7. The Labute approximate surface area is 164 Å². The van der Waals surface area contributed by atoms with E-state index in [9.17, 15) is 13.2 Å². The predicted molar refractivity (Wildman–Crippen MR) is 104 cm³/mol. The second-order valence-electron chi connectivity index (χ2n) is 5.97. The quantitative estimate of drug-likeness (QED) is 0.601. The maximum Gasteiger partial charge on any atom is 0.490 e. The number of pyridine rings is 1. The lowest BCUT2D eigenvalue weighted by atomic mass is 10.0. The number of aromatic nitrogens is 3. The van der Waals surface area contributed by atoms with Crippen molar-refractivity contribution in [1.29, 1.82) is 0 Å². The van der Waals surface area contributed by atoms with E-state index in [1.54, 1.807) is 0 Å². The number of rotatable bonds is 4. The van der Waals surface area contributed by atoms with Gasteiger partial charge in [0.25, 0.3) is 0 Å². The number of nitrogens with zero attached hydrogens (tertiary/aromatic N) is 3. The molecule has 0 atom stereocenters. The van der Waals surface area contributed by atoms with Gasteiger partial charge in [-0.15, -0.1) is 0 Å². The Morgan fingerprint density at radius 3 is 2.31 bits per heavy atom. The number of carboxylic acids is 1. The number of hydrogen-bond acceptors (Lipinski definition) is 6. The molecule has 0 radical (unpaired) electrons. The van der Waals surface area contributed by atoms with Gasteiger partial charge in [0.15, 0.2) is 5.65 Å². The third kappa shape index (κ3) is 5.53. The van der Waals surface area contributed by atoms with Crippen LogP contribution in [-0.4, -0.2) is 39.3 Å². The zero-order chi connectivity index (χ0) is 21.6. The first-order valence-electron chi connectivity index (χ1n) is 8.67. The minimum atomic E-state index is -5.08. The van der Waals surface area contributed by atoms with Crippen LogP contribution in [0.5, 0.6) is 0 Å². The van der Waals surface area contributed by atoms with Crippen molar-refractivity contribution in [1.82, 2.24) is 15.0 Å². The van der Waals surface area contributed by atoms with Gasteiger partial charge in [0.2, 0.25) is 5.95 Å². The van der Waals surface area contributed by atoms with Gasteiger partial charge in [-0.25, -0.2) is 9.78 Å². The lowest BCUT2D eigenvalue weighted by Crippen LogP contribution is -2.21. The highest BCUT2D eigenvalue weighted by Gasteiger charge is 2.38. The molecule has 0 saturated heterocycles. The number of nitrogens with two attached hydrogens (primary N) is 1. The van der Waals surface area contributed by atoms with Crippen molar-refractivity contribution in [2.75, 3.05) is 18.1 Å². The molecule has 1 aromatic carbocycles. The summed E-state index contributed by atoms with van der Waals surface area (Å²) in [5.41, 5.74) is 9.67. The van der Waals surface area contributed by atoms with Gasteiger partial charge < -0.3 is 16.2 Å². The Kier molecular flexibility index (Phi) is 6.92. The van der Waals surface area contributed by atoms with Gasteiger partial charge >= 0.3 is 12.1 Å². The molecule has 3 aromatic rings. The molecule has 2 heterocycles. The molecule has 29 heavy (non-hydrogen) atoms. The zero-order valence-electron chi connectivity index (χ0n) is 15.8. The Bertz CT molecular complexity index is 995. The van der Waals surface area contributed by atoms with Crippen LogP contribution < -0.4 is 11.1 Å². The molecule has 0 spiro atoms. The van der Waals surface area contributed by atoms with Crippen LogP contribution >= 0.6 is 0 Å². The standard InChI is InChI=1S/C17H19N5.C2HF3O2/c1-3-7-12-10-13-15(19-2)21-17(18)22-16(13)20-14(12)11-8-5-4-6-9-11;3-2(4,5)1(6)7/h4-6,8-10H,3,7H2,1-2H3,(H3,18,19,20,21,22);(H,6,7). The molecular weight excluding hydrogens is 387 g/mol. The molecule has 0 saturated carbocycles. The van der Waals surface area contributed by atoms with Crippen molar-refractivity contribution < 1.29 is 23.1 Å². The lowest BCUT2D eigenvalue weighted by Gasteiger charge is -2.12. The minimum Gasteiger partial charge on any atom is -0.475 e. The molecule has 10 heteroatoms. The van der Waals surface area contributed by atoms with Gasteiger partial charge in [0.05, 0.1) is 11.1 Å². The van der Waals surface area contributed by atoms with Gasteiger partial charge in [-0.1, -0.05) is 43.7 Å². The van der Waals surface area contributed by atoms with Crippen LogP contribution in [0.2, 0.25) is 0 Å². The van der Waals surface area contributed by atoms with E-state index in [0.717, 1.165) is 29.5 Å². The summed E-state index contributed by atoms with van der Waals surface area (Å²) in [6.45, 7) is 2.16. The van der Waals surface area contributed by atoms with E-state index in [4.69, 9.17) is 20.6 Å². The van der Waals surface area contributed by atoms with E-state index in [-0.39, 0.29) is 5.95 Å². The number of fused-ring (bicyclic) bond motifs is 1. The summed E-state index contributed by atoms with van der Waals surface area (Å²) in [5, 5.41) is 11.1.